The minimum absolute atomic E-state index is 0. The van der Waals surface area contributed by atoms with Crippen molar-refractivity contribution in [3.8, 4) is 0 Å². The zero-order valence-corrected chi connectivity index (χ0v) is 16.1. The second-order valence-electron chi connectivity index (χ2n) is 5.57. The maximum atomic E-state index is 10.1. The van der Waals surface area contributed by atoms with Crippen molar-refractivity contribution >= 4 is 10.4 Å². The molecule has 0 aliphatic carbocycles. The van der Waals surface area contributed by atoms with E-state index in [1.165, 1.54) is 44.9 Å². The summed E-state index contributed by atoms with van der Waals surface area (Å²) in [5, 5.41) is 0. The Kier molecular flexibility index (Phi) is 20.5. The first-order valence-corrected chi connectivity index (χ1v) is 10.00. The van der Waals surface area contributed by atoms with Crippen molar-refractivity contribution in [1.82, 2.24) is 0 Å². The van der Waals surface area contributed by atoms with Gasteiger partial charge in [-0.1, -0.05) is 101 Å². The number of hydrogen-bond acceptors (Lipinski definition) is 4. The van der Waals surface area contributed by atoms with Gasteiger partial charge in [-0.3, -0.25) is 4.18 Å². The van der Waals surface area contributed by atoms with Crippen LogP contribution in [0.4, 0.5) is 0 Å². The van der Waals surface area contributed by atoms with Crippen LogP contribution in [0.15, 0.2) is 36.4 Å². The fourth-order valence-electron chi connectivity index (χ4n) is 2.14. The Balaban J connectivity index is 0. The Morgan fingerprint density at radius 1 is 0.708 bits per heavy atom. The molecule has 0 saturated heterocycles. The van der Waals surface area contributed by atoms with Crippen LogP contribution in [0.25, 0.3) is 0 Å². The van der Waals surface area contributed by atoms with E-state index in [-0.39, 0.29) is 25.5 Å². The average Bonchev–Trinajstić information content (AvgIpc) is 2.54. The molecule has 0 N–H and O–H groups in total. The second kappa shape index (κ2) is 19.0. The van der Waals surface area contributed by atoms with E-state index in [4.69, 9.17) is 0 Å². The molecule has 1 rings (SSSR count). The molecule has 0 aliphatic heterocycles. The molecule has 6 heteroatoms. The maximum Gasteiger partial charge on any atom is 1.00 e. The van der Waals surface area contributed by atoms with Crippen molar-refractivity contribution in [2.24, 2.45) is 0 Å². The molecule has 1 aromatic rings. The Labute approximate surface area is 160 Å². The van der Waals surface area contributed by atoms with Crippen LogP contribution in [0.3, 0.4) is 0 Å². The number of benzene rings is 1. The fraction of sp³-hybridized carbons (Fsp3) is 0.667. The Morgan fingerprint density at radius 3 is 1.38 bits per heavy atom. The van der Waals surface area contributed by atoms with E-state index >= 15 is 0 Å². The molecule has 0 heterocycles. The van der Waals surface area contributed by atoms with Gasteiger partial charge in [0.25, 0.3) is 0 Å². The van der Waals surface area contributed by atoms with Gasteiger partial charge in [-0.15, -0.1) is 0 Å². The zero-order chi connectivity index (χ0) is 17.2. The Morgan fingerprint density at radius 2 is 1.04 bits per heavy atom. The first kappa shape index (κ1) is 25.9. The molecular formula is C18H31LiO4S. The van der Waals surface area contributed by atoms with E-state index in [1.807, 2.05) is 36.4 Å². The molecule has 24 heavy (non-hydrogen) atoms. The van der Waals surface area contributed by atoms with Crippen LogP contribution in [-0.2, 0) is 14.6 Å². The smallest absolute Gasteiger partial charge is 0.726 e. The van der Waals surface area contributed by atoms with Crippen molar-refractivity contribution < 1.29 is 36.0 Å². The van der Waals surface area contributed by atoms with Crippen molar-refractivity contribution in [2.75, 3.05) is 6.61 Å². The maximum absolute atomic E-state index is 10.1. The average molecular weight is 350 g/mol. The molecule has 0 spiro atoms. The van der Waals surface area contributed by atoms with E-state index in [2.05, 4.69) is 11.1 Å². The van der Waals surface area contributed by atoms with Crippen molar-refractivity contribution in [1.29, 1.82) is 0 Å². The molecule has 0 radical (unpaired) electrons. The van der Waals surface area contributed by atoms with Gasteiger partial charge in [-0.25, -0.2) is 8.42 Å². The summed E-state index contributed by atoms with van der Waals surface area (Å²) in [6.45, 7) is 2.24. The molecule has 0 unspecified atom stereocenters. The minimum Gasteiger partial charge on any atom is -0.726 e. The number of rotatable bonds is 12. The van der Waals surface area contributed by atoms with E-state index in [1.54, 1.807) is 0 Å². The Hall–Kier alpha value is -0.313. The standard InChI is InChI=1S/C12H26O4S.C6H6.Li/c1-2-3-4-5-6-7-8-9-10-11-12-16-17(13,14)15;1-2-4-6-5-3-1;/h2-12H2,1H3,(H,13,14,15);1-6H;/q;;+1/p-1. The molecule has 4 nitrogen and oxygen atoms in total. The molecule has 0 aromatic heterocycles. The first-order valence-electron chi connectivity index (χ1n) is 8.66. The molecule has 0 aliphatic rings. The predicted molar refractivity (Wildman–Crippen MR) is 93.9 cm³/mol. The quantitative estimate of drug-likeness (QED) is 0.250. The summed E-state index contributed by atoms with van der Waals surface area (Å²) < 4.78 is 34.5. The molecular weight excluding hydrogens is 319 g/mol. The van der Waals surface area contributed by atoms with Gasteiger partial charge in [0.05, 0.1) is 6.61 Å². The summed E-state index contributed by atoms with van der Waals surface area (Å²) in [5.74, 6) is 0. The van der Waals surface area contributed by atoms with Gasteiger partial charge >= 0.3 is 18.9 Å². The summed E-state index contributed by atoms with van der Waals surface area (Å²) in [6, 6.07) is 12.0. The Bertz CT molecular complexity index is 411. The summed E-state index contributed by atoms with van der Waals surface area (Å²) >= 11 is 0. The number of hydrogen-bond donors (Lipinski definition) is 0. The third-order valence-electron chi connectivity index (χ3n) is 3.39. The van der Waals surface area contributed by atoms with Crippen LogP contribution in [0.2, 0.25) is 0 Å². The van der Waals surface area contributed by atoms with Gasteiger partial charge in [0.2, 0.25) is 10.4 Å². The monoisotopic (exact) mass is 350 g/mol. The molecule has 1 aromatic carbocycles. The van der Waals surface area contributed by atoms with Crippen molar-refractivity contribution in [2.45, 2.75) is 71.1 Å². The van der Waals surface area contributed by atoms with E-state index < -0.39 is 10.4 Å². The molecule has 0 saturated carbocycles. The fourth-order valence-corrected chi connectivity index (χ4v) is 2.46. The van der Waals surface area contributed by atoms with E-state index in [0.717, 1.165) is 12.8 Å². The normalized spacial score (nSPS) is 10.4. The molecule has 0 atom stereocenters. The zero-order valence-electron chi connectivity index (χ0n) is 15.3. The van der Waals surface area contributed by atoms with Crippen LogP contribution >= 0.6 is 0 Å². The largest absolute Gasteiger partial charge is 1.00 e. The summed E-state index contributed by atoms with van der Waals surface area (Å²) in [5.41, 5.74) is 0. The van der Waals surface area contributed by atoms with Crippen molar-refractivity contribution in [3.05, 3.63) is 36.4 Å². The third-order valence-corrected chi connectivity index (χ3v) is 3.85. The van der Waals surface area contributed by atoms with Crippen LogP contribution in [0.1, 0.15) is 71.1 Å². The topological polar surface area (TPSA) is 66.4 Å². The number of unbranched alkanes of at least 4 members (excludes halogenated alkanes) is 9. The van der Waals surface area contributed by atoms with Gasteiger partial charge in [0.15, 0.2) is 0 Å². The van der Waals surface area contributed by atoms with Gasteiger partial charge in [0, 0.05) is 0 Å². The summed E-state index contributed by atoms with van der Waals surface area (Å²) in [4.78, 5) is 0. The molecule has 0 fully saturated rings. The third kappa shape index (κ3) is 23.9. The van der Waals surface area contributed by atoms with Crippen LogP contribution in [0, 0.1) is 0 Å². The van der Waals surface area contributed by atoms with Gasteiger partial charge in [-0.05, 0) is 6.42 Å². The van der Waals surface area contributed by atoms with Crippen molar-refractivity contribution in [3.63, 3.8) is 0 Å². The summed E-state index contributed by atoms with van der Waals surface area (Å²) in [6.07, 6.45) is 11.7. The van der Waals surface area contributed by atoms with Gasteiger partial charge in [0.1, 0.15) is 0 Å². The van der Waals surface area contributed by atoms with Crippen LogP contribution in [0.5, 0.6) is 0 Å². The van der Waals surface area contributed by atoms with E-state index in [9.17, 15) is 13.0 Å². The first-order chi connectivity index (χ1) is 11.1. The minimum atomic E-state index is -4.48. The van der Waals surface area contributed by atoms with E-state index in [0.29, 0.717) is 6.42 Å². The second-order valence-corrected chi connectivity index (χ2v) is 6.62. The molecule has 0 amide bonds. The molecule has 0 bridgehead atoms. The predicted octanol–water partition coefficient (Wildman–Crippen LogP) is 2.07. The SMILES string of the molecule is CCCCCCCCCCCCOS(=O)(=O)[O-].[Li+].c1ccccc1. The van der Waals surface area contributed by atoms with Crippen LogP contribution in [-0.4, -0.2) is 19.6 Å². The van der Waals surface area contributed by atoms with Gasteiger partial charge < -0.3 is 4.55 Å². The summed E-state index contributed by atoms with van der Waals surface area (Å²) in [7, 11) is -4.48. The van der Waals surface area contributed by atoms with Crippen LogP contribution < -0.4 is 18.9 Å². The molecule has 134 valence electrons. The van der Waals surface area contributed by atoms with Gasteiger partial charge in [-0.2, -0.15) is 0 Å².